The van der Waals surface area contributed by atoms with Gasteiger partial charge in [-0.25, -0.2) is 4.68 Å². The molecule has 174 valence electrons. The molecule has 1 aliphatic rings. The van der Waals surface area contributed by atoms with Gasteiger partial charge >= 0.3 is 0 Å². The van der Waals surface area contributed by atoms with E-state index in [1.807, 2.05) is 46.1 Å². The van der Waals surface area contributed by atoms with Crippen molar-refractivity contribution in [1.29, 1.82) is 0 Å². The number of nitrogens with zero attached hydrogens (tertiary/aromatic N) is 4. The molecule has 2 heterocycles. The number of hydrogen-bond acceptors (Lipinski definition) is 3. The van der Waals surface area contributed by atoms with Crippen LogP contribution in [-0.2, 0) is 17.9 Å². The summed E-state index contributed by atoms with van der Waals surface area (Å²) in [7, 11) is 1.76. The maximum absolute atomic E-state index is 12.6. The van der Waals surface area contributed by atoms with Gasteiger partial charge in [0.1, 0.15) is 0 Å². The normalized spacial score (nSPS) is 13.8. The third kappa shape index (κ3) is 6.34. The number of carbonyl (C=O) groups excluding carboxylic acids is 1. The van der Waals surface area contributed by atoms with Crippen LogP contribution in [-0.4, -0.2) is 40.1 Å². The van der Waals surface area contributed by atoms with E-state index >= 15 is 0 Å². The van der Waals surface area contributed by atoms with Gasteiger partial charge < -0.3 is 15.5 Å². The predicted molar refractivity (Wildman–Crippen MR) is 142 cm³/mol. The Morgan fingerprint density at radius 2 is 1.88 bits per heavy atom. The highest BCUT2D eigenvalue weighted by Crippen LogP contribution is 2.23. The first-order chi connectivity index (χ1) is 15.6. The molecule has 7 nitrogen and oxygen atoms in total. The van der Waals surface area contributed by atoms with E-state index in [0.29, 0.717) is 13.0 Å². The standard InChI is InChI=1S/C25H30N6O.HI/c1-19(20-10-5-11-23(16-20)31-15-7-14-28-31)29-25(26-2)27-13-6-12-24(32)30-17-21-8-3-4-9-22(21)18-30;/h3-5,7-11,14-16,19H,6,12-13,17-18H2,1-2H3,(H2,26,27,29);1H. The molecule has 3 aromatic rings. The summed E-state index contributed by atoms with van der Waals surface area (Å²) in [6.07, 6.45) is 4.99. The van der Waals surface area contributed by atoms with Crippen LogP contribution >= 0.6 is 24.0 Å². The molecule has 0 saturated heterocycles. The summed E-state index contributed by atoms with van der Waals surface area (Å²) in [6, 6.07) is 18.5. The summed E-state index contributed by atoms with van der Waals surface area (Å²) in [4.78, 5) is 18.8. The minimum atomic E-state index is 0. The number of carbonyl (C=O) groups is 1. The van der Waals surface area contributed by atoms with Crippen molar-refractivity contribution in [2.24, 2.45) is 4.99 Å². The molecule has 0 fully saturated rings. The first-order valence-corrected chi connectivity index (χ1v) is 11.1. The Kier molecular flexibility index (Phi) is 8.87. The molecule has 2 N–H and O–H groups in total. The third-order valence-corrected chi connectivity index (χ3v) is 5.77. The molecule has 0 spiro atoms. The second-order valence-corrected chi connectivity index (χ2v) is 8.03. The molecule has 0 bridgehead atoms. The minimum absolute atomic E-state index is 0. The number of benzene rings is 2. The van der Waals surface area contributed by atoms with Crippen LogP contribution in [0.1, 0.15) is 42.5 Å². The van der Waals surface area contributed by atoms with Crippen LogP contribution in [0.2, 0.25) is 0 Å². The molecule has 0 radical (unpaired) electrons. The number of hydrogen-bond donors (Lipinski definition) is 2. The Morgan fingerprint density at radius 3 is 2.55 bits per heavy atom. The molecule has 1 aromatic heterocycles. The van der Waals surface area contributed by atoms with Crippen LogP contribution in [0.5, 0.6) is 0 Å². The van der Waals surface area contributed by atoms with Crippen molar-refractivity contribution in [3.8, 4) is 5.69 Å². The number of rotatable bonds is 7. The largest absolute Gasteiger partial charge is 0.356 e. The SMILES string of the molecule is CN=C(NCCCC(=O)N1Cc2ccccc2C1)NC(C)c1cccc(-n2cccn2)c1.I. The number of guanidine groups is 1. The second-order valence-electron chi connectivity index (χ2n) is 8.03. The van der Waals surface area contributed by atoms with Gasteiger partial charge in [-0.3, -0.25) is 9.79 Å². The van der Waals surface area contributed by atoms with Crippen molar-refractivity contribution in [2.75, 3.05) is 13.6 Å². The number of amides is 1. The Hall–Kier alpha value is -2.88. The second kappa shape index (κ2) is 11.8. The van der Waals surface area contributed by atoms with E-state index in [9.17, 15) is 4.79 Å². The van der Waals surface area contributed by atoms with Crippen molar-refractivity contribution < 1.29 is 4.79 Å². The molecule has 8 heteroatoms. The van der Waals surface area contributed by atoms with E-state index in [0.717, 1.165) is 36.7 Å². The topological polar surface area (TPSA) is 74.6 Å². The van der Waals surface area contributed by atoms with Crippen LogP contribution in [0.4, 0.5) is 0 Å². The minimum Gasteiger partial charge on any atom is -0.356 e. The zero-order chi connectivity index (χ0) is 22.3. The van der Waals surface area contributed by atoms with Crippen molar-refractivity contribution in [2.45, 2.75) is 38.9 Å². The number of aliphatic imine (C=N–C) groups is 1. The molecule has 2 aromatic carbocycles. The Labute approximate surface area is 212 Å². The molecule has 1 atom stereocenters. The maximum Gasteiger partial charge on any atom is 0.223 e. The lowest BCUT2D eigenvalue weighted by Crippen LogP contribution is -2.39. The van der Waals surface area contributed by atoms with E-state index in [2.05, 4.69) is 51.9 Å². The van der Waals surface area contributed by atoms with Crippen LogP contribution in [0, 0.1) is 0 Å². The number of nitrogens with one attached hydrogen (secondary N) is 2. The summed E-state index contributed by atoms with van der Waals surface area (Å²) < 4.78 is 1.85. The quantitative estimate of drug-likeness (QED) is 0.199. The van der Waals surface area contributed by atoms with Gasteiger partial charge in [0.25, 0.3) is 0 Å². The fraction of sp³-hybridized carbons (Fsp3) is 0.320. The average molecular weight is 558 g/mol. The van der Waals surface area contributed by atoms with Crippen molar-refractivity contribution >= 4 is 35.8 Å². The fourth-order valence-corrected chi connectivity index (χ4v) is 3.96. The van der Waals surface area contributed by atoms with Crippen LogP contribution in [0.3, 0.4) is 0 Å². The fourth-order valence-electron chi connectivity index (χ4n) is 3.96. The van der Waals surface area contributed by atoms with E-state index in [-0.39, 0.29) is 35.9 Å². The van der Waals surface area contributed by atoms with E-state index < -0.39 is 0 Å². The monoisotopic (exact) mass is 558 g/mol. The van der Waals surface area contributed by atoms with Gasteiger partial charge in [-0.05, 0) is 48.2 Å². The molecule has 1 amide bonds. The highest BCUT2D eigenvalue weighted by Gasteiger charge is 2.22. The summed E-state index contributed by atoms with van der Waals surface area (Å²) in [5.41, 5.74) is 4.68. The van der Waals surface area contributed by atoms with Crippen molar-refractivity contribution in [1.82, 2.24) is 25.3 Å². The molecule has 4 rings (SSSR count). The Balaban J connectivity index is 0.00000306. The Morgan fingerprint density at radius 1 is 1.12 bits per heavy atom. The highest BCUT2D eigenvalue weighted by molar-refractivity contribution is 14.0. The molecule has 1 unspecified atom stereocenters. The first-order valence-electron chi connectivity index (χ1n) is 11.1. The zero-order valence-electron chi connectivity index (χ0n) is 19.1. The maximum atomic E-state index is 12.6. The lowest BCUT2D eigenvalue weighted by molar-refractivity contribution is -0.131. The predicted octanol–water partition coefficient (Wildman–Crippen LogP) is 4.04. The molecule has 0 saturated carbocycles. The van der Waals surface area contributed by atoms with Gasteiger partial charge in [0.2, 0.25) is 5.91 Å². The van der Waals surface area contributed by atoms with Gasteiger partial charge in [-0.2, -0.15) is 5.10 Å². The van der Waals surface area contributed by atoms with E-state index in [1.165, 1.54) is 11.1 Å². The van der Waals surface area contributed by atoms with Gasteiger partial charge in [-0.15, -0.1) is 24.0 Å². The molecular formula is C25H31IN6O. The molecular weight excluding hydrogens is 527 g/mol. The van der Waals surface area contributed by atoms with Gasteiger partial charge in [-0.1, -0.05) is 36.4 Å². The summed E-state index contributed by atoms with van der Waals surface area (Å²) in [5, 5.41) is 11.0. The number of halogens is 1. The van der Waals surface area contributed by atoms with Crippen molar-refractivity contribution in [3.63, 3.8) is 0 Å². The van der Waals surface area contributed by atoms with Crippen LogP contribution < -0.4 is 10.6 Å². The Bertz CT molecular complexity index is 1060. The van der Waals surface area contributed by atoms with Gasteiger partial charge in [0.15, 0.2) is 5.96 Å². The van der Waals surface area contributed by atoms with Crippen LogP contribution in [0.25, 0.3) is 5.69 Å². The highest BCUT2D eigenvalue weighted by atomic mass is 127. The third-order valence-electron chi connectivity index (χ3n) is 5.77. The molecule has 0 aliphatic carbocycles. The lowest BCUT2D eigenvalue weighted by Gasteiger charge is -2.19. The van der Waals surface area contributed by atoms with Crippen LogP contribution in [0.15, 0.2) is 72.0 Å². The number of fused-ring (bicyclic) bond motifs is 1. The van der Waals surface area contributed by atoms with Gasteiger partial charge in [0.05, 0.1) is 11.7 Å². The van der Waals surface area contributed by atoms with E-state index in [1.54, 1.807) is 13.2 Å². The summed E-state index contributed by atoms with van der Waals surface area (Å²) in [5.74, 6) is 0.928. The first kappa shape index (κ1) is 24.8. The van der Waals surface area contributed by atoms with E-state index in [4.69, 9.17) is 0 Å². The summed E-state index contributed by atoms with van der Waals surface area (Å²) in [6.45, 7) is 4.23. The lowest BCUT2D eigenvalue weighted by atomic mass is 10.1. The average Bonchev–Trinajstić information content (AvgIpc) is 3.51. The molecule has 33 heavy (non-hydrogen) atoms. The zero-order valence-corrected chi connectivity index (χ0v) is 21.4. The summed E-state index contributed by atoms with van der Waals surface area (Å²) >= 11 is 0. The number of aromatic nitrogens is 2. The van der Waals surface area contributed by atoms with Crippen molar-refractivity contribution in [3.05, 3.63) is 83.7 Å². The van der Waals surface area contributed by atoms with Gasteiger partial charge in [0, 0.05) is 45.5 Å². The smallest absolute Gasteiger partial charge is 0.223 e. The molecule has 1 aliphatic heterocycles.